The van der Waals surface area contributed by atoms with Crippen LogP contribution in [0.5, 0.6) is 0 Å². The maximum atomic E-state index is 11.6. The lowest BCUT2D eigenvalue weighted by molar-refractivity contribution is -0.139. The van der Waals surface area contributed by atoms with Gasteiger partial charge in [0.1, 0.15) is 0 Å². The third-order valence-corrected chi connectivity index (χ3v) is 6.53. The summed E-state index contributed by atoms with van der Waals surface area (Å²) in [6.45, 7) is 15.6. The van der Waals surface area contributed by atoms with Crippen molar-refractivity contribution in [2.45, 2.75) is 53.4 Å². The fraction of sp³-hybridized carbons (Fsp3) is 0.294. The molecule has 3 aromatic rings. The third-order valence-electron chi connectivity index (χ3n) is 6.53. The van der Waals surface area contributed by atoms with E-state index in [1.165, 1.54) is 22.3 Å². The zero-order chi connectivity index (χ0) is 28.4. The first-order valence-electron chi connectivity index (χ1n) is 13.4. The van der Waals surface area contributed by atoms with Crippen LogP contribution in [0.25, 0.3) is 0 Å². The average molecular weight is 526 g/mol. The minimum Gasteiger partial charge on any atom is -0.462 e. The highest BCUT2D eigenvalue weighted by Crippen LogP contribution is 2.36. The summed E-state index contributed by atoms with van der Waals surface area (Å²) in [7, 11) is 0. The number of aryl methyl sites for hydroxylation is 4. The highest BCUT2D eigenvalue weighted by atomic mass is 16.5. The average Bonchev–Trinajstić information content (AvgIpc) is 2.91. The summed E-state index contributed by atoms with van der Waals surface area (Å²) >= 11 is 0. The SMILES string of the molecule is C=C(C)C(=O)OCCCc1ccc(N(c2ccccc2)c2ccc(CCCOC(=O)C(=C)C)c(C)c2)cc1C. The molecule has 39 heavy (non-hydrogen) atoms. The van der Waals surface area contributed by atoms with Crippen LogP contribution >= 0.6 is 0 Å². The van der Waals surface area contributed by atoms with Crippen LogP contribution in [0.4, 0.5) is 17.1 Å². The molecule has 0 saturated heterocycles. The number of hydrogen-bond acceptors (Lipinski definition) is 5. The van der Waals surface area contributed by atoms with E-state index in [1.54, 1.807) is 13.8 Å². The Morgan fingerprint density at radius 2 is 1.10 bits per heavy atom. The van der Waals surface area contributed by atoms with Gasteiger partial charge < -0.3 is 14.4 Å². The van der Waals surface area contributed by atoms with Gasteiger partial charge in [0, 0.05) is 28.2 Å². The van der Waals surface area contributed by atoms with E-state index < -0.39 is 0 Å². The van der Waals surface area contributed by atoms with Crippen LogP contribution in [0.3, 0.4) is 0 Å². The first-order valence-corrected chi connectivity index (χ1v) is 13.4. The van der Waals surface area contributed by atoms with Crippen molar-refractivity contribution in [1.29, 1.82) is 0 Å². The molecule has 0 unspecified atom stereocenters. The number of para-hydroxylation sites is 1. The molecule has 0 aliphatic carbocycles. The van der Waals surface area contributed by atoms with Gasteiger partial charge in [0.2, 0.25) is 0 Å². The van der Waals surface area contributed by atoms with E-state index in [2.05, 4.69) is 80.4 Å². The first-order chi connectivity index (χ1) is 18.7. The highest BCUT2D eigenvalue weighted by molar-refractivity contribution is 5.87. The lowest BCUT2D eigenvalue weighted by Gasteiger charge is -2.27. The third kappa shape index (κ3) is 8.44. The fourth-order valence-electron chi connectivity index (χ4n) is 4.32. The van der Waals surface area contributed by atoms with Crippen LogP contribution < -0.4 is 4.90 Å². The summed E-state index contributed by atoms with van der Waals surface area (Å²) in [5, 5.41) is 0. The molecule has 0 aliphatic rings. The predicted molar refractivity (Wildman–Crippen MR) is 159 cm³/mol. The van der Waals surface area contributed by atoms with Crippen LogP contribution in [0, 0.1) is 13.8 Å². The second-order valence-electron chi connectivity index (χ2n) is 9.93. The van der Waals surface area contributed by atoms with E-state index >= 15 is 0 Å². The lowest BCUT2D eigenvalue weighted by Crippen LogP contribution is -2.11. The summed E-state index contributed by atoms with van der Waals surface area (Å²) < 4.78 is 10.5. The molecule has 0 aromatic heterocycles. The number of anilines is 3. The summed E-state index contributed by atoms with van der Waals surface area (Å²) in [6.07, 6.45) is 3.18. The Bertz CT molecular complexity index is 1240. The topological polar surface area (TPSA) is 55.8 Å². The van der Waals surface area contributed by atoms with Gasteiger partial charge in [-0.3, -0.25) is 0 Å². The van der Waals surface area contributed by atoms with E-state index in [1.807, 2.05) is 18.2 Å². The van der Waals surface area contributed by atoms with Crippen molar-refractivity contribution in [2.75, 3.05) is 18.1 Å². The molecule has 0 heterocycles. The number of rotatable bonds is 13. The van der Waals surface area contributed by atoms with E-state index in [-0.39, 0.29) is 11.9 Å². The van der Waals surface area contributed by atoms with Crippen molar-refractivity contribution in [3.05, 3.63) is 113 Å². The minimum absolute atomic E-state index is 0.340. The molecule has 5 heteroatoms. The van der Waals surface area contributed by atoms with Crippen LogP contribution in [-0.4, -0.2) is 25.2 Å². The number of hydrogen-bond donors (Lipinski definition) is 0. The van der Waals surface area contributed by atoms with Gasteiger partial charge in [0.25, 0.3) is 0 Å². The fourth-order valence-corrected chi connectivity index (χ4v) is 4.32. The molecule has 3 rings (SSSR count). The van der Waals surface area contributed by atoms with E-state index in [0.717, 1.165) is 42.7 Å². The Morgan fingerprint density at radius 1 is 0.667 bits per heavy atom. The van der Waals surface area contributed by atoms with Gasteiger partial charge in [0.05, 0.1) is 13.2 Å². The van der Waals surface area contributed by atoms with E-state index in [4.69, 9.17) is 9.47 Å². The quantitative estimate of drug-likeness (QED) is 0.129. The highest BCUT2D eigenvalue weighted by Gasteiger charge is 2.15. The summed E-state index contributed by atoms with van der Waals surface area (Å²) in [5.74, 6) is -0.679. The summed E-state index contributed by atoms with van der Waals surface area (Å²) in [5.41, 5.74) is 8.93. The standard InChI is InChI=1S/C34H39NO4/c1-24(2)33(36)38-20-10-12-28-16-18-31(22-26(28)5)35(30-14-8-7-9-15-30)32-19-17-29(27(6)23-32)13-11-21-39-34(37)25(3)4/h7-9,14-19,22-23H,1,3,10-13,20-21H2,2,4-6H3. The van der Waals surface area contributed by atoms with Crippen LogP contribution in [-0.2, 0) is 31.9 Å². The molecule has 0 atom stereocenters. The maximum Gasteiger partial charge on any atom is 0.333 e. The first kappa shape index (κ1) is 29.4. The second-order valence-corrected chi connectivity index (χ2v) is 9.93. The maximum absolute atomic E-state index is 11.6. The molecular weight excluding hydrogens is 486 g/mol. The predicted octanol–water partition coefficient (Wildman–Crippen LogP) is 7.88. The molecule has 0 aliphatic heterocycles. The Morgan fingerprint density at radius 3 is 1.49 bits per heavy atom. The molecule has 5 nitrogen and oxygen atoms in total. The zero-order valence-corrected chi connectivity index (χ0v) is 23.6. The van der Waals surface area contributed by atoms with Crippen LogP contribution in [0.1, 0.15) is 48.9 Å². The Kier molecular flexibility index (Phi) is 10.7. The number of nitrogens with zero attached hydrogens (tertiary/aromatic N) is 1. The van der Waals surface area contributed by atoms with Gasteiger partial charge >= 0.3 is 11.9 Å². The number of ether oxygens (including phenoxy) is 2. The number of carbonyl (C=O) groups excluding carboxylic acids is 2. The van der Waals surface area contributed by atoms with E-state index in [9.17, 15) is 9.59 Å². The van der Waals surface area contributed by atoms with Gasteiger partial charge in [-0.2, -0.15) is 0 Å². The summed E-state index contributed by atoms with van der Waals surface area (Å²) in [6, 6.07) is 23.4. The van der Waals surface area contributed by atoms with Crippen molar-refractivity contribution in [2.24, 2.45) is 0 Å². The molecule has 0 amide bonds. The van der Waals surface area contributed by atoms with Crippen molar-refractivity contribution in [1.82, 2.24) is 0 Å². The Balaban J connectivity index is 1.76. The van der Waals surface area contributed by atoms with Gasteiger partial charge in [-0.05, 0) is 112 Å². The molecule has 0 spiro atoms. The Labute approximate surface area is 232 Å². The summed E-state index contributed by atoms with van der Waals surface area (Å²) in [4.78, 5) is 25.5. The van der Waals surface area contributed by atoms with Crippen molar-refractivity contribution in [3.63, 3.8) is 0 Å². The van der Waals surface area contributed by atoms with Gasteiger partial charge in [-0.25, -0.2) is 9.59 Å². The molecule has 0 fully saturated rings. The van der Waals surface area contributed by atoms with E-state index in [0.29, 0.717) is 24.4 Å². The van der Waals surface area contributed by atoms with Gasteiger partial charge in [-0.1, -0.05) is 43.5 Å². The van der Waals surface area contributed by atoms with Gasteiger partial charge in [0.15, 0.2) is 0 Å². The molecule has 0 N–H and O–H groups in total. The number of carbonyl (C=O) groups is 2. The van der Waals surface area contributed by atoms with Crippen molar-refractivity contribution >= 4 is 29.0 Å². The molecule has 0 saturated carbocycles. The van der Waals surface area contributed by atoms with Crippen molar-refractivity contribution < 1.29 is 19.1 Å². The second kappa shape index (κ2) is 14.1. The molecule has 0 radical (unpaired) electrons. The lowest BCUT2D eigenvalue weighted by atomic mass is 10.0. The normalized spacial score (nSPS) is 10.6. The Hall–Kier alpha value is -4.12. The smallest absolute Gasteiger partial charge is 0.333 e. The molecule has 3 aromatic carbocycles. The van der Waals surface area contributed by atoms with Crippen LogP contribution in [0.15, 0.2) is 91.0 Å². The number of benzene rings is 3. The van der Waals surface area contributed by atoms with Crippen molar-refractivity contribution in [3.8, 4) is 0 Å². The largest absolute Gasteiger partial charge is 0.462 e. The zero-order valence-electron chi connectivity index (χ0n) is 23.6. The molecule has 204 valence electrons. The molecule has 0 bridgehead atoms. The minimum atomic E-state index is -0.340. The monoisotopic (exact) mass is 525 g/mol. The molecular formula is C34H39NO4. The van der Waals surface area contributed by atoms with Gasteiger partial charge in [-0.15, -0.1) is 0 Å². The van der Waals surface area contributed by atoms with Crippen LogP contribution in [0.2, 0.25) is 0 Å². The number of esters is 2.